The Morgan fingerprint density at radius 3 is 2.65 bits per heavy atom. The fraction of sp³-hybridized carbons (Fsp3) is 0.143. The fourth-order valence-corrected chi connectivity index (χ4v) is 2.85. The number of ether oxygens (including phenoxy) is 1. The van der Waals surface area contributed by atoms with Gasteiger partial charge in [0.15, 0.2) is 0 Å². The number of rotatable bonds is 3. The lowest BCUT2D eigenvalue weighted by Crippen LogP contribution is -2.14. The standard InChI is InChI=1S/C14H12BrClN2OS/c1-7-5-8(2)18-14(12(7)13(17)20)19-11-4-3-9(16)6-10(11)15/h3-6H,1-2H3,(H2,17,20). The third-order valence-electron chi connectivity index (χ3n) is 2.66. The van der Waals surface area contributed by atoms with Gasteiger partial charge in [-0.1, -0.05) is 23.8 Å². The van der Waals surface area contributed by atoms with E-state index >= 15 is 0 Å². The third kappa shape index (κ3) is 3.29. The summed E-state index contributed by atoms with van der Waals surface area (Å²) in [7, 11) is 0. The van der Waals surface area contributed by atoms with E-state index in [0.717, 1.165) is 15.7 Å². The lowest BCUT2D eigenvalue weighted by atomic mass is 10.1. The molecular weight excluding hydrogens is 360 g/mol. The normalized spacial score (nSPS) is 10.4. The first-order valence-corrected chi connectivity index (χ1v) is 7.37. The molecule has 3 nitrogen and oxygen atoms in total. The molecule has 2 rings (SSSR count). The molecule has 0 spiro atoms. The van der Waals surface area contributed by atoms with Crippen LogP contribution in [0.4, 0.5) is 0 Å². The zero-order chi connectivity index (χ0) is 14.9. The maximum atomic E-state index is 5.91. The van der Waals surface area contributed by atoms with Gasteiger partial charge >= 0.3 is 0 Å². The lowest BCUT2D eigenvalue weighted by Gasteiger charge is -2.13. The van der Waals surface area contributed by atoms with Crippen molar-refractivity contribution in [1.29, 1.82) is 0 Å². The predicted molar refractivity (Wildman–Crippen MR) is 88.8 cm³/mol. The highest BCUT2D eigenvalue weighted by Gasteiger charge is 2.15. The Morgan fingerprint density at radius 2 is 2.05 bits per heavy atom. The van der Waals surface area contributed by atoms with Crippen molar-refractivity contribution in [3.05, 3.63) is 50.6 Å². The summed E-state index contributed by atoms with van der Waals surface area (Å²) in [6, 6.07) is 7.16. The molecule has 0 bridgehead atoms. The van der Waals surface area contributed by atoms with Gasteiger partial charge in [0.05, 0.1) is 10.0 Å². The number of nitrogens with two attached hydrogens (primary N) is 1. The maximum absolute atomic E-state index is 5.91. The molecule has 1 heterocycles. The van der Waals surface area contributed by atoms with Crippen LogP contribution in [0.25, 0.3) is 0 Å². The van der Waals surface area contributed by atoms with Crippen LogP contribution in [0.1, 0.15) is 16.8 Å². The Balaban J connectivity index is 2.50. The maximum Gasteiger partial charge on any atom is 0.230 e. The molecule has 0 radical (unpaired) electrons. The molecule has 1 aromatic heterocycles. The number of benzene rings is 1. The molecule has 0 fully saturated rings. The van der Waals surface area contributed by atoms with Gasteiger partial charge in [0.2, 0.25) is 5.88 Å². The van der Waals surface area contributed by atoms with E-state index in [1.807, 2.05) is 19.9 Å². The molecule has 0 saturated heterocycles. The van der Waals surface area contributed by atoms with Gasteiger partial charge in [-0.2, -0.15) is 0 Å². The highest BCUT2D eigenvalue weighted by molar-refractivity contribution is 9.10. The van der Waals surface area contributed by atoms with E-state index in [4.69, 9.17) is 34.3 Å². The van der Waals surface area contributed by atoms with Crippen LogP contribution in [0.15, 0.2) is 28.7 Å². The Kier molecular flexibility index (Phi) is 4.62. The van der Waals surface area contributed by atoms with Gasteiger partial charge in [0.1, 0.15) is 10.7 Å². The second-order valence-electron chi connectivity index (χ2n) is 4.30. The summed E-state index contributed by atoms with van der Waals surface area (Å²) < 4.78 is 6.57. The van der Waals surface area contributed by atoms with Crippen LogP contribution < -0.4 is 10.5 Å². The zero-order valence-corrected chi connectivity index (χ0v) is 14.1. The quantitative estimate of drug-likeness (QED) is 0.805. The topological polar surface area (TPSA) is 48.1 Å². The van der Waals surface area contributed by atoms with Crippen molar-refractivity contribution < 1.29 is 4.74 Å². The number of aryl methyl sites for hydroxylation is 2. The summed E-state index contributed by atoms with van der Waals surface area (Å²) in [5.41, 5.74) is 8.18. The number of thiocarbonyl (C=S) groups is 1. The van der Waals surface area contributed by atoms with Crippen molar-refractivity contribution in [3.8, 4) is 11.6 Å². The van der Waals surface area contributed by atoms with Gasteiger partial charge in [-0.15, -0.1) is 0 Å². The van der Waals surface area contributed by atoms with Crippen molar-refractivity contribution in [2.45, 2.75) is 13.8 Å². The molecule has 0 saturated carbocycles. The van der Waals surface area contributed by atoms with E-state index < -0.39 is 0 Å². The third-order valence-corrected chi connectivity index (χ3v) is 3.72. The van der Waals surface area contributed by atoms with Gasteiger partial charge in [-0.05, 0) is 59.6 Å². The summed E-state index contributed by atoms with van der Waals surface area (Å²) in [6.45, 7) is 3.81. The van der Waals surface area contributed by atoms with Gasteiger partial charge < -0.3 is 10.5 Å². The van der Waals surface area contributed by atoms with Gasteiger partial charge in [0.25, 0.3) is 0 Å². The predicted octanol–water partition coefficient (Wildman–Crippen LogP) is 4.54. The van der Waals surface area contributed by atoms with E-state index in [1.165, 1.54) is 0 Å². The molecule has 0 atom stereocenters. The van der Waals surface area contributed by atoms with Crippen molar-refractivity contribution in [3.63, 3.8) is 0 Å². The number of pyridine rings is 1. The molecule has 20 heavy (non-hydrogen) atoms. The van der Waals surface area contributed by atoms with Gasteiger partial charge in [0, 0.05) is 10.7 Å². The first-order valence-electron chi connectivity index (χ1n) is 5.79. The monoisotopic (exact) mass is 370 g/mol. The largest absolute Gasteiger partial charge is 0.437 e. The van der Waals surface area contributed by atoms with Crippen molar-refractivity contribution in [2.24, 2.45) is 5.73 Å². The van der Waals surface area contributed by atoms with Crippen LogP contribution in [-0.4, -0.2) is 9.97 Å². The Labute approximate surface area is 136 Å². The first-order chi connectivity index (χ1) is 9.38. The van der Waals surface area contributed by atoms with Crippen LogP contribution >= 0.6 is 39.7 Å². The van der Waals surface area contributed by atoms with E-state index in [9.17, 15) is 0 Å². The smallest absolute Gasteiger partial charge is 0.230 e. The Morgan fingerprint density at radius 1 is 1.35 bits per heavy atom. The second kappa shape index (κ2) is 6.08. The number of halogens is 2. The van der Waals surface area contributed by atoms with E-state index in [-0.39, 0.29) is 4.99 Å². The molecule has 6 heteroatoms. The van der Waals surface area contributed by atoms with E-state index in [2.05, 4.69) is 20.9 Å². The van der Waals surface area contributed by atoms with Crippen molar-refractivity contribution in [2.75, 3.05) is 0 Å². The molecule has 0 amide bonds. The second-order valence-corrected chi connectivity index (χ2v) is 6.03. The molecule has 2 N–H and O–H groups in total. The molecule has 0 aliphatic rings. The SMILES string of the molecule is Cc1cc(C)c(C(N)=S)c(Oc2ccc(Cl)cc2Br)n1. The molecule has 0 unspecified atom stereocenters. The van der Waals surface area contributed by atoms with E-state index in [1.54, 1.807) is 18.2 Å². The molecule has 0 aliphatic carbocycles. The van der Waals surface area contributed by atoms with E-state index in [0.29, 0.717) is 22.2 Å². The number of hydrogen-bond donors (Lipinski definition) is 1. The average molecular weight is 372 g/mol. The first kappa shape index (κ1) is 15.2. The summed E-state index contributed by atoms with van der Waals surface area (Å²) in [5, 5.41) is 0.618. The molecule has 2 aromatic rings. The highest BCUT2D eigenvalue weighted by atomic mass is 79.9. The molecule has 0 aliphatic heterocycles. The molecule has 1 aromatic carbocycles. The molecule has 104 valence electrons. The van der Waals surface area contributed by atoms with Crippen molar-refractivity contribution in [1.82, 2.24) is 4.98 Å². The molecular formula is C14H12BrClN2OS. The van der Waals surface area contributed by atoms with Gasteiger partial charge in [-0.3, -0.25) is 0 Å². The summed E-state index contributed by atoms with van der Waals surface area (Å²) in [4.78, 5) is 4.63. The highest BCUT2D eigenvalue weighted by Crippen LogP contribution is 2.33. The fourth-order valence-electron chi connectivity index (χ4n) is 1.84. The summed E-state index contributed by atoms with van der Waals surface area (Å²) in [5.74, 6) is 1.00. The van der Waals surface area contributed by atoms with Gasteiger partial charge in [-0.25, -0.2) is 4.98 Å². The summed E-state index contributed by atoms with van der Waals surface area (Å²) in [6.07, 6.45) is 0. The van der Waals surface area contributed by atoms with Crippen LogP contribution in [0, 0.1) is 13.8 Å². The van der Waals surface area contributed by atoms with Crippen LogP contribution in [0.3, 0.4) is 0 Å². The zero-order valence-electron chi connectivity index (χ0n) is 10.9. The Hall–Kier alpha value is -1.17. The van der Waals surface area contributed by atoms with Crippen LogP contribution in [0.2, 0.25) is 5.02 Å². The minimum atomic E-state index is 0.259. The van der Waals surface area contributed by atoms with Crippen LogP contribution in [-0.2, 0) is 0 Å². The average Bonchev–Trinajstić information content (AvgIpc) is 2.31. The lowest BCUT2D eigenvalue weighted by molar-refractivity contribution is 0.457. The number of nitrogens with zero attached hydrogens (tertiary/aromatic N) is 1. The minimum Gasteiger partial charge on any atom is -0.437 e. The minimum absolute atomic E-state index is 0.259. The van der Waals surface area contributed by atoms with Crippen molar-refractivity contribution >= 4 is 44.7 Å². The number of aromatic nitrogens is 1. The summed E-state index contributed by atoms with van der Waals surface area (Å²) >= 11 is 14.4. The van der Waals surface area contributed by atoms with Crippen LogP contribution in [0.5, 0.6) is 11.6 Å². The number of hydrogen-bond acceptors (Lipinski definition) is 3. The Bertz CT molecular complexity index is 691.